The summed E-state index contributed by atoms with van der Waals surface area (Å²) < 4.78 is 0. The molecule has 0 aliphatic carbocycles. The molecule has 0 saturated heterocycles. The van der Waals surface area contributed by atoms with Crippen LogP contribution in [0.15, 0.2) is 24.3 Å². The van der Waals surface area contributed by atoms with Crippen molar-refractivity contribution in [1.29, 1.82) is 0 Å². The molecule has 1 aromatic rings. The number of para-hydroxylation sites is 2. The third-order valence-corrected chi connectivity index (χ3v) is 2.67. The van der Waals surface area contributed by atoms with Crippen LogP contribution in [0, 0.1) is 0 Å². The number of amides is 1. The summed E-state index contributed by atoms with van der Waals surface area (Å²) >= 11 is 0. The molecule has 0 bridgehead atoms. The molecule has 1 aliphatic heterocycles. The quantitative estimate of drug-likeness (QED) is 0.649. The van der Waals surface area contributed by atoms with Crippen molar-refractivity contribution >= 4 is 23.3 Å². The molecule has 2 rings (SSSR count). The van der Waals surface area contributed by atoms with Crippen LogP contribution in [0.5, 0.6) is 0 Å². The zero-order valence-electron chi connectivity index (χ0n) is 8.88. The van der Waals surface area contributed by atoms with E-state index in [1.807, 2.05) is 24.1 Å². The minimum atomic E-state index is -1.42. The molecule has 0 fully saturated rings. The molecule has 0 spiro atoms. The largest absolute Gasteiger partial charge is 0.474 e. The van der Waals surface area contributed by atoms with Crippen molar-refractivity contribution in [3.8, 4) is 0 Å². The van der Waals surface area contributed by atoms with Crippen molar-refractivity contribution in [2.24, 2.45) is 0 Å². The molecule has 0 aromatic heterocycles. The molecular weight excluding hydrogens is 208 g/mol. The molecule has 1 N–H and O–H groups in total. The molecule has 1 heterocycles. The predicted molar refractivity (Wildman–Crippen MR) is 59.7 cm³/mol. The van der Waals surface area contributed by atoms with E-state index < -0.39 is 11.9 Å². The van der Waals surface area contributed by atoms with Crippen LogP contribution in [0.1, 0.15) is 0 Å². The maximum atomic E-state index is 11.5. The normalized spacial score (nSPS) is 14.6. The van der Waals surface area contributed by atoms with Crippen molar-refractivity contribution < 1.29 is 14.7 Å². The van der Waals surface area contributed by atoms with E-state index in [9.17, 15) is 9.59 Å². The van der Waals surface area contributed by atoms with Gasteiger partial charge in [-0.1, -0.05) is 12.1 Å². The molecule has 0 atom stereocenters. The van der Waals surface area contributed by atoms with Gasteiger partial charge in [-0.15, -0.1) is 0 Å². The van der Waals surface area contributed by atoms with Crippen LogP contribution in [0.4, 0.5) is 11.4 Å². The van der Waals surface area contributed by atoms with Crippen LogP contribution in [-0.2, 0) is 9.59 Å². The van der Waals surface area contributed by atoms with Crippen molar-refractivity contribution in [1.82, 2.24) is 0 Å². The van der Waals surface area contributed by atoms with Gasteiger partial charge in [-0.2, -0.15) is 0 Å². The summed E-state index contributed by atoms with van der Waals surface area (Å²) in [5.74, 6) is -2.29. The smallest absolute Gasteiger partial charge is 0.394 e. The molecule has 0 unspecified atom stereocenters. The number of hydrogen-bond donors (Lipinski definition) is 1. The average molecular weight is 220 g/mol. The van der Waals surface area contributed by atoms with Crippen molar-refractivity contribution in [2.45, 2.75) is 0 Å². The fourth-order valence-electron chi connectivity index (χ4n) is 1.83. The Bertz CT molecular complexity index is 445. The Labute approximate surface area is 92.9 Å². The molecule has 5 heteroatoms. The number of carbonyl (C=O) groups excluding carboxylic acids is 1. The Morgan fingerprint density at radius 2 is 1.81 bits per heavy atom. The summed E-state index contributed by atoms with van der Waals surface area (Å²) in [7, 11) is 1.92. The van der Waals surface area contributed by atoms with Crippen LogP contribution >= 0.6 is 0 Å². The highest BCUT2D eigenvalue weighted by atomic mass is 16.4. The first-order valence-corrected chi connectivity index (χ1v) is 4.96. The van der Waals surface area contributed by atoms with Crippen LogP contribution in [0.3, 0.4) is 0 Å². The number of carboxylic acid groups (broad SMARTS) is 1. The molecule has 1 amide bonds. The summed E-state index contributed by atoms with van der Waals surface area (Å²) in [5.41, 5.74) is 1.53. The van der Waals surface area contributed by atoms with E-state index in [0.29, 0.717) is 18.8 Å². The standard InChI is InChI=1S/C11H12N2O3/c1-12-6-7-13(10(14)11(15)16)9-5-3-2-4-8(9)12/h2-5H,6-7H2,1H3,(H,15,16). The Balaban J connectivity index is 2.42. The lowest BCUT2D eigenvalue weighted by molar-refractivity contribution is -0.148. The SMILES string of the molecule is CN1CCN(C(=O)C(=O)O)c2ccccc21. The van der Waals surface area contributed by atoms with Gasteiger partial charge in [0.15, 0.2) is 0 Å². The van der Waals surface area contributed by atoms with Crippen LogP contribution in [-0.4, -0.2) is 37.1 Å². The summed E-state index contributed by atoms with van der Waals surface area (Å²) in [6.07, 6.45) is 0. The summed E-state index contributed by atoms with van der Waals surface area (Å²) in [6.45, 7) is 1.04. The number of carbonyl (C=O) groups is 2. The maximum absolute atomic E-state index is 11.5. The first kappa shape index (κ1) is 10.5. The fourth-order valence-corrected chi connectivity index (χ4v) is 1.83. The lowest BCUT2D eigenvalue weighted by Crippen LogP contribution is -2.45. The summed E-state index contributed by atoms with van der Waals surface area (Å²) in [4.78, 5) is 25.5. The van der Waals surface area contributed by atoms with Crippen LogP contribution in [0.25, 0.3) is 0 Å². The number of hydrogen-bond acceptors (Lipinski definition) is 3. The minimum Gasteiger partial charge on any atom is -0.474 e. The van der Waals surface area contributed by atoms with Gasteiger partial charge < -0.3 is 10.0 Å². The highest BCUT2D eigenvalue weighted by Crippen LogP contribution is 2.31. The second-order valence-electron chi connectivity index (χ2n) is 3.67. The van der Waals surface area contributed by atoms with Gasteiger partial charge in [0, 0.05) is 20.1 Å². The average Bonchev–Trinajstić information content (AvgIpc) is 2.29. The number of rotatable bonds is 0. The molecule has 1 aromatic carbocycles. The Kier molecular flexibility index (Phi) is 2.52. The minimum absolute atomic E-state index is 0.401. The van der Waals surface area contributed by atoms with E-state index in [1.165, 1.54) is 4.90 Å². The molecule has 16 heavy (non-hydrogen) atoms. The number of benzene rings is 1. The first-order chi connectivity index (χ1) is 7.61. The molecule has 1 aliphatic rings. The van der Waals surface area contributed by atoms with Crippen LogP contribution in [0.2, 0.25) is 0 Å². The molecule has 84 valence electrons. The number of likely N-dealkylation sites (N-methyl/N-ethyl adjacent to an activating group) is 1. The second-order valence-corrected chi connectivity index (χ2v) is 3.67. The van der Waals surface area contributed by atoms with E-state index in [4.69, 9.17) is 5.11 Å². The number of aliphatic carboxylic acids is 1. The number of anilines is 2. The third kappa shape index (κ3) is 1.60. The topological polar surface area (TPSA) is 60.9 Å². The third-order valence-electron chi connectivity index (χ3n) is 2.67. The highest BCUT2D eigenvalue weighted by molar-refractivity contribution is 6.37. The van der Waals surface area contributed by atoms with Gasteiger partial charge in [0.2, 0.25) is 0 Å². The van der Waals surface area contributed by atoms with Crippen molar-refractivity contribution in [3.05, 3.63) is 24.3 Å². The van der Waals surface area contributed by atoms with Crippen molar-refractivity contribution in [3.63, 3.8) is 0 Å². The predicted octanol–water partition coefficient (Wildman–Crippen LogP) is 0.554. The highest BCUT2D eigenvalue weighted by Gasteiger charge is 2.28. The summed E-state index contributed by atoms with van der Waals surface area (Å²) in [6, 6.07) is 7.28. The van der Waals surface area contributed by atoms with E-state index in [1.54, 1.807) is 12.1 Å². The lowest BCUT2D eigenvalue weighted by atomic mass is 10.1. The number of nitrogens with zero attached hydrogens (tertiary/aromatic N) is 2. The maximum Gasteiger partial charge on any atom is 0.394 e. The van der Waals surface area contributed by atoms with Crippen LogP contribution < -0.4 is 9.80 Å². The molecule has 0 radical (unpaired) electrons. The van der Waals surface area contributed by atoms with E-state index in [-0.39, 0.29) is 0 Å². The van der Waals surface area contributed by atoms with Gasteiger partial charge >= 0.3 is 11.9 Å². The Morgan fingerprint density at radius 3 is 2.44 bits per heavy atom. The first-order valence-electron chi connectivity index (χ1n) is 4.96. The van der Waals surface area contributed by atoms with E-state index in [0.717, 1.165) is 5.69 Å². The fraction of sp³-hybridized carbons (Fsp3) is 0.273. The van der Waals surface area contributed by atoms with Gasteiger partial charge in [0.25, 0.3) is 0 Å². The van der Waals surface area contributed by atoms with Gasteiger partial charge in [0.1, 0.15) is 0 Å². The van der Waals surface area contributed by atoms with E-state index >= 15 is 0 Å². The lowest BCUT2D eigenvalue weighted by Gasteiger charge is -2.34. The van der Waals surface area contributed by atoms with Gasteiger partial charge in [-0.05, 0) is 12.1 Å². The number of carboxylic acids is 1. The van der Waals surface area contributed by atoms with Crippen molar-refractivity contribution in [2.75, 3.05) is 29.9 Å². The molecule has 5 nitrogen and oxygen atoms in total. The zero-order chi connectivity index (χ0) is 11.7. The monoisotopic (exact) mass is 220 g/mol. The second kappa shape index (κ2) is 3.84. The van der Waals surface area contributed by atoms with Gasteiger partial charge in [0.05, 0.1) is 11.4 Å². The molecule has 0 saturated carbocycles. The van der Waals surface area contributed by atoms with Gasteiger partial charge in [-0.25, -0.2) is 4.79 Å². The Morgan fingerprint density at radius 1 is 1.19 bits per heavy atom. The zero-order valence-corrected chi connectivity index (χ0v) is 8.88. The summed E-state index contributed by atoms with van der Waals surface area (Å²) in [5, 5.41) is 8.72. The van der Waals surface area contributed by atoms with Gasteiger partial charge in [-0.3, -0.25) is 9.69 Å². The molecular formula is C11H12N2O3. The Hall–Kier alpha value is -2.04. The van der Waals surface area contributed by atoms with E-state index in [2.05, 4.69) is 0 Å². The number of fused-ring (bicyclic) bond motifs is 1.